The van der Waals surface area contributed by atoms with Gasteiger partial charge in [0.1, 0.15) is 5.82 Å². The summed E-state index contributed by atoms with van der Waals surface area (Å²) in [5, 5.41) is 7.66. The monoisotopic (exact) mass is 471 g/mol. The number of halogens is 2. The summed E-state index contributed by atoms with van der Waals surface area (Å²) < 4.78 is 17.4. The molecule has 0 aliphatic rings. The molecule has 33 heavy (non-hydrogen) atoms. The van der Waals surface area contributed by atoms with Crippen molar-refractivity contribution in [2.75, 3.05) is 0 Å². The molecule has 4 aromatic rings. The van der Waals surface area contributed by atoms with Gasteiger partial charge in [0.25, 0.3) is 11.5 Å². The van der Waals surface area contributed by atoms with Gasteiger partial charge in [-0.2, -0.15) is 0 Å². The SMILES string of the molecule is CC(C)NC(=O)c1ccc2c(=O)n(C(C)C)c3nn(Cc4ccc(F)cc4Cl)c(=O)n3c2c1. The van der Waals surface area contributed by atoms with E-state index in [1.54, 1.807) is 12.1 Å². The number of hydrogen-bond donors (Lipinski definition) is 1. The first-order valence-electron chi connectivity index (χ1n) is 10.5. The van der Waals surface area contributed by atoms with Gasteiger partial charge < -0.3 is 5.32 Å². The van der Waals surface area contributed by atoms with E-state index in [1.807, 2.05) is 27.7 Å². The molecule has 0 saturated heterocycles. The lowest BCUT2D eigenvalue weighted by Gasteiger charge is -2.13. The van der Waals surface area contributed by atoms with Crippen molar-refractivity contribution in [3.05, 3.63) is 79.2 Å². The van der Waals surface area contributed by atoms with Gasteiger partial charge in [-0.15, -0.1) is 5.10 Å². The molecule has 0 aliphatic carbocycles. The molecule has 10 heteroatoms. The smallest absolute Gasteiger partial charge is 0.350 e. The van der Waals surface area contributed by atoms with Crippen molar-refractivity contribution in [2.45, 2.75) is 46.3 Å². The van der Waals surface area contributed by atoms with E-state index in [-0.39, 0.29) is 46.4 Å². The highest BCUT2D eigenvalue weighted by atomic mass is 35.5. The summed E-state index contributed by atoms with van der Waals surface area (Å²) in [6.45, 7) is 7.30. The second-order valence-corrected chi connectivity index (χ2v) is 8.85. The highest BCUT2D eigenvalue weighted by Crippen LogP contribution is 2.19. The van der Waals surface area contributed by atoms with Crippen LogP contribution in [0.25, 0.3) is 16.7 Å². The predicted molar refractivity (Wildman–Crippen MR) is 125 cm³/mol. The molecule has 2 aromatic heterocycles. The Kier molecular flexibility index (Phi) is 5.84. The minimum atomic E-state index is -0.508. The molecule has 0 saturated carbocycles. The highest BCUT2D eigenvalue weighted by Gasteiger charge is 2.21. The Morgan fingerprint density at radius 1 is 1.12 bits per heavy atom. The second kappa shape index (κ2) is 8.47. The normalized spacial score (nSPS) is 11.8. The van der Waals surface area contributed by atoms with E-state index in [2.05, 4.69) is 10.4 Å². The molecule has 1 N–H and O–H groups in total. The maximum absolute atomic E-state index is 13.4. The number of carbonyl (C=O) groups excluding carboxylic acids is 1. The fourth-order valence-corrected chi connectivity index (χ4v) is 3.97. The van der Waals surface area contributed by atoms with Gasteiger partial charge in [-0.05, 0) is 63.6 Å². The summed E-state index contributed by atoms with van der Waals surface area (Å²) in [5.41, 5.74) is 0.278. The van der Waals surface area contributed by atoms with Gasteiger partial charge in [0.05, 0.1) is 17.4 Å². The quantitative estimate of drug-likeness (QED) is 0.483. The van der Waals surface area contributed by atoms with E-state index in [9.17, 15) is 18.8 Å². The fraction of sp³-hybridized carbons (Fsp3) is 0.304. The summed E-state index contributed by atoms with van der Waals surface area (Å²) >= 11 is 6.14. The summed E-state index contributed by atoms with van der Waals surface area (Å²) in [7, 11) is 0. The molecule has 0 unspecified atom stereocenters. The van der Waals surface area contributed by atoms with Crippen LogP contribution in [0.4, 0.5) is 4.39 Å². The first-order chi connectivity index (χ1) is 15.6. The Hall–Kier alpha value is -3.46. The van der Waals surface area contributed by atoms with Crippen LogP contribution in [-0.2, 0) is 6.54 Å². The maximum atomic E-state index is 13.4. The molecule has 2 aromatic carbocycles. The number of benzene rings is 2. The molecule has 0 aliphatic heterocycles. The zero-order chi connectivity index (χ0) is 24.0. The molecule has 1 amide bonds. The van der Waals surface area contributed by atoms with Gasteiger partial charge in [-0.25, -0.2) is 18.3 Å². The Balaban J connectivity index is 2.00. The zero-order valence-electron chi connectivity index (χ0n) is 18.6. The van der Waals surface area contributed by atoms with Crippen LogP contribution >= 0.6 is 11.6 Å². The maximum Gasteiger partial charge on any atom is 0.352 e. The van der Waals surface area contributed by atoms with Crippen LogP contribution in [0.2, 0.25) is 5.02 Å². The van der Waals surface area contributed by atoms with Crippen molar-refractivity contribution in [1.82, 2.24) is 24.1 Å². The van der Waals surface area contributed by atoms with Gasteiger partial charge in [-0.1, -0.05) is 17.7 Å². The molecule has 4 rings (SSSR count). The molecule has 0 atom stereocenters. The van der Waals surface area contributed by atoms with Gasteiger partial charge >= 0.3 is 5.69 Å². The van der Waals surface area contributed by atoms with E-state index in [1.165, 1.54) is 31.8 Å². The minimum absolute atomic E-state index is 0.0130. The fourth-order valence-electron chi connectivity index (χ4n) is 3.75. The summed E-state index contributed by atoms with van der Waals surface area (Å²) in [4.78, 5) is 39.2. The van der Waals surface area contributed by atoms with Crippen molar-refractivity contribution in [3.8, 4) is 0 Å². The zero-order valence-corrected chi connectivity index (χ0v) is 19.4. The lowest BCUT2D eigenvalue weighted by Crippen LogP contribution is -2.31. The van der Waals surface area contributed by atoms with Crippen molar-refractivity contribution >= 4 is 34.2 Å². The molecule has 172 valence electrons. The number of nitrogens with zero attached hydrogens (tertiary/aromatic N) is 4. The number of amides is 1. The van der Waals surface area contributed by atoms with Gasteiger partial charge in [-0.3, -0.25) is 14.2 Å². The van der Waals surface area contributed by atoms with Crippen molar-refractivity contribution in [3.63, 3.8) is 0 Å². The number of fused-ring (bicyclic) bond motifs is 3. The predicted octanol–water partition coefficient (Wildman–Crippen LogP) is 3.37. The molecule has 0 bridgehead atoms. The van der Waals surface area contributed by atoms with E-state index in [4.69, 9.17) is 11.6 Å². The first kappa shape index (κ1) is 22.7. The van der Waals surface area contributed by atoms with E-state index < -0.39 is 11.5 Å². The highest BCUT2D eigenvalue weighted by molar-refractivity contribution is 6.31. The third-order valence-electron chi connectivity index (χ3n) is 5.26. The Bertz CT molecular complexity index is 1520. The minimum Gasteiger partial charge on any atom is -0.350 e. The van der Waals surface area contributed by atoms with Crippen LogP contribution in [0.1, 0.15) is 49.7 Å². The Morgan fingerprint density at radius 3 is 2.48 bits per heavy atom. The Morgan fingerprint density at radius 2 is 1.85 bits per heavy atom. The van der Waals surface area contributed by atoms with Crippen LogP contribution in [0, 0.1) is 5.82 Å². The van der Waals surface area contributed by atoms with E-state index >= 15 is 0 Å². The lowest BCUT2D eigenvalue weighted by molar-refractivity contribution is 0.0943. The summed E-state index contributed by atoms with van der Waals surface area (Å²) in [5.74, 6) is -0.656. The van der Waals surface area contributed by atoms with Gasteiger partial charge in [0.2, 0.25) is 5.78 Å². The van der Waals surface area contributed by atoms with Gasteiger partial charge in [0.15, 0.2) is 0 Å². The average Bonchev–Trinajstić information content (AvgIpc) is 3.05. The molecule has 2 heterocycles. The van der Waals surface area contributed by atoms with E-state index in [0.717, 1.165) is 6.07 Å². The van der Waals surface area contributed by atoms with E-state index in [0.29, 0.717) is 16.5 Å². The van der Waals surface area contributed by atoms with Crippen LogP contribution in [-0.4, -0.2) is 30.7 Å². The molecular formula is C23H23ClFN5O3. The average molecular weight is 472 g/mol. The third-order valence-corrected chi connectivity index (χ3v) is 5.61. The number of nitrogens with one attached hydrogen (secondary N) is 1. The third kappa shape index (κ3) is 4.04. The lowest BCUT2D eigenvalue weighted by atomic mass is 10.1. The summed E-state index contributed by atoms with van der Waals surface area (Å²) in [6, 6.07) is 8.17. The van der Waals surface area contributed by atoms with Crippen molar-refractivity contribution < 1.29 is 9.18 Å². The number of carbonyl (C=O) groups is 1. The number of hydrogen-bond acceptors (Lipinski definition) is 4. The molecule has 0 radical (unpaired) electrons. The number of rotatable bonds is 5. The van der Waals surface area contributed by atoms with Crippen LogP contribution in [0.5, 0.6) is 0 Å². The van der Waals surface area contributed by atoms with Gasteiger partial charge in [0, 0.05) is 22.7 Å². The van der Waals surface area contributed by atoms with Crippen molar-refractivity contribution in [2.24, 2.45) is 0 Å². The molecular weight excluding hydrogens is 449 g/mol. The standard InChI is InChI=1S/C23H23ClFN5O3/c1-12(2)26-20(31)14-6-8-17-19(9-14)30-22(29(13(3)4)21(17)32)27-28(23(30)33)11-15-5-7-16(25)10-18(15)24/h5-10,12-13H,11H2,1-4H3,(H,26,31). The van der Waals surface area contributed by atoms with Crippen molar-refractivity contribution in [1.29, 1.82) is 0 Å². The second-order valence-electron chi connectivity index (χ2n) is 8.44. The largest absolute Gasteiger partial charge is 0.352 e. The van der Waals surface area contributed by atoms with Crippen LogP contribution in [0.15, 0.2) is 46.0 Å². The molecule has 8 nitrogen and oxygen atoms in total. The van der Waals surface area contributed by atoms with Crippen LogP contribution < -0.4 is 16.6 Å². The molecule has 0 fully saturated rings. The Labute approximate surface area is 193 Å². The number of aromatic nitrogens is 4. The first-order valence-corrected chi connectivity index (χ1v) is 10.9. The summed E-state index contributed by atoms with van der Waals surface area (Å²) in [6.07, 6.45) is 0. The van der Waals surface area contributed by atoms with Crippen LogP contribution in [0.3, 0.4) is 0 Å². The molecule has 0 spiro atoms. The topological polar surface area (TPSA) is 90.4 Å².